The normalized spacial score (nSPS) is 23.5. The van der Waals surface area contributed by atoms with Crippen molar-refractivity contribution >= 4 is 17.6 Å². The van der Waals surface area contributed by atoms with Crippen molar-refractivity contribution < 1.29 is 14.7 Å². The first-order chi connectivity index (χ1) is 10.7. The summed E-state index contributed by atoms with van der Waals surface area (Å²) in [7, 11) is 0. The van der Waals surface area contributed by atoms with E-state index in [9.17, 15) is 14.7 Å². The monoisotopic (exact) mass is 303 g/mol. The van der Waals surface area contributed by atoms with E-state index >= 15 is 0 Å². The molecule has 6 nitrogen and oxygen atoms in total. The molecule has 22 heavy (non-hydrogen) atoms. The molecular formula is C16H21N3O3. The van der Waals surface area contributed by atoms with Crippen LogP contribution in [0.5, 0.6) is 0 Å². The highest BCUT2D eigenvalue weighted by atomic mass is 16.3. The Hall–Kier alpha value is -1.95. The molecular weight excluding hydrogens is 282 g/mol. The number of rotatable bonds is 3. The van der Waals surface area contributed by atoms with E-state index in [-0.39, 0.29) is 24.3 Å². The Labute approximate surface area is 129 Å². The van der Waals surface area contributed by atoms with Crippen molar-refractivity contribution in [3.05, 3.63) is 23.9 Å². The van der Waals surface area contributed by atoms with Gasteiger partial charge in [0.1, 0.15) is 5.82 Å². The molecule has 0 bridgehead atoms. The number of aliphatic hydroxyl groups is 1. The van der Waals surface area contributed by atoms with Gasteiger partial charge in [-0.05, 0) is 36.8 Å². The summed E-state index contributed by atoms with van der Waals surface area (Å²) in [6.45, 7) is 2.06. The van der Waals surface area contributed by atoms with Crippen LogP contribution in [-0.4, -0.2) is 41.6 Å². The topological polar surface area (TPSA) is 82.5 Å². The van der Waals surface area contributed by atoms with Crippen LogP contribution in [0.25, 0.3) is 0 Å². The minimum atomic E-state index is -0.278. The zero-order valence-corrected chi connectivity index (χ0v) is 12.5. The fourth-order valence-electron chi connectivity index (χ4n) is 3.15. The Morgan fingerprint density at radius 2 is 2.00 bits per heavy atom. The van der Waals surface area contributed by atoms with Crippen molar-refractivity contribution in [2.45, 2.75) is 31.6 Å². The molecule has 1 aromatic heterocycles. The third-order valence-corrected chi connectivity index (χ3v) is 4.61. The van der Waals surface area contributed by atoms with Crippen LogP contribution in [-0.2, 0) is 9.59 Å². The molecule has 2 N–H and O–H groups in total. The second kappa shape index (κ2) is 6.44. The van der Waals surface area contributed by atoms with Gasteiger partial charge in [0.25, 0.3) is 0 Å². The largest absolute Gasteiger partial charge is 0.396 e. The second-order valence-electron chi connectivity index (χ2n) is 6.07. The summed E-state index contributed by atoms with van der Waals surface area (Å²) in [5.41, 5.74) is 0.860. The summed E-state index contributed by atoms with van der Waals surface area (Å²) in [5, 5.41) is 11.6. The summed E-state index contributed by atoms with van der Waals surface area (Å²) in [5.74, 6) is 0.609. The van der Waals surface area contributed by atoms with Gasteiger partial charge >= 0.3 is 0 Å². The summed E-state index contributed by atoms with van der Waals surface area (Å²) in [6, 6.07) is 3.87. The molecule has 6 heteroatoms. The fraction of sp³-hybridized carbons (Fsp3) is 0.562. The third kappa shape index (κ3) is 3.11. The van der Waals surface area contributed by atoms with Crippen LogP contribution in [0.15, 0.2) is 18.3 Å². The van der Waals surface area contributed by atoms with Gasteiger partial charge in [-0.2, -0.15) is 0 Å². The van der Waals surface area contributed by atoms with E-state index in [0.29, 0.717) is 18.8 Å². The van der Waals surface area contributed by atoms with E-state index in [4.69, 9.17) is 0 Å². The molecule has 0 aromatic carbocycles. The SMILES string of the molecule is O=C1CCC(c2ccc(N3CCC(CO)CC3)nc2)C(=O)N1. The number of carbonyl (C=O) groups is 2. The first-order valence-electron chi connectivity index (χ1n) is 7.83. The smallest absolute Gasteiger partial charge is 0.234 e. The fourth-order valence-corrected chi connectivity index (χ4v) is 3.15. The van der Waals surface area contributed by atoms with Crippen LogP contribution in [0.2, 0.25) is 0 Å². The predicted octanol–water partition coefficient (Wildman–Crippen LogP) is 0.810. The maximum Gasteiger partial charge on any atom is 0.234 e. The number of nitrogens with zero attached hydrogens (tertiary/aromatic N) is 2. The number of piperidine rings is 2. The van der Waals surface area contributed by atoms with Crippen molar-refractivity contribution in [1.82, 2.24) is 10.3 Å². The van der Waals surface area contributed by atoms with Gasteiger partial charge in [-0.1, -0.05) is 6.07 Å². The number of pyridine rings is 1. The van der Waals surface area contributed by atoms with Crippen LogP contribution in [0.3, 0.4) is 0 Å². The Balaban J connectivity index is 1.65. The maximum absolute atomic E-state index is 11.9. The van der Waals surface area contributed by atoms with Crippen LogP contribution < -0.4 is 10.2 Å². The van der Waals surface area contributed by atoms with Gasteiger partial charge < -0.3 is 10.0 Å². The molecule has 1 unspecified atom stereocenters. The Kier molecular flexibility index (Phi) is 4.38. The molecule has 2 aliphatic rings. The Bertz CT molecular complexity index is 550. The molecule has 2 amide bonds. The number of aromatic nitrogens is 1. The van der Waals surface area contributed by atoms with Gasteiger partial charge in [-0.15, -0.1) is 0 Å². The predicted molar refractivity (Wildman–Crippen MR) is 81.4 cm³/mol. The maximum atomic E-state index is 11.9. The molecule has 0 saturated carbocycles. The molecule has 2 fully saturated rings. The van der Waals surface area contributed by atoms with Gasteiger partial charge in [0, 0.05) is 32.3 Å². The number of aliphatic hydroxyl groups excluding tert-OH is 1. The second-order valence-corrected chi connectivity index (χ2v) is 6.07. The van der Waals surface area contributed by atoms with Crippen molar-refractivity contribution in [3.8, 4) is 0 Å². The zero-order chi connectivity index (χ0) is 15.5. The number of anilines is 1. The van der Waals surface area contributed by atoms with Gasteiger partial charge in [0.15, 0.2) is 0 Å². The first-order valence-corrected chi connectivity index (χ1v) is 7.83. The average Bonchev–Trinajstić information content (AvgIpc) is 2.55. The van der Waals surface area contributed by atoms with Gasteiger partial charge in [-0.25, -0.2) is 4.98 Å². The molecule has 2 saturated heterocycles. The molecule has 1 aromatic rings. The van der Waals surface area contributed by atoms with E-state index in [0.717, 1.165) is 37.3 Å². The summed E-state index contributed by atoms with van der Waals surface area (Å²) >= 11 is 0. The van der Waals surface area contributed by atoms with Gasteiger partial charge in [-0.3, -0.25) is 14.9 Å². The molecule has 0 aliphatic carbocycles. The number of hydrogen-bond donors (Lipinski definition) is 2. The van der Waals surface area contributed by atoms with Crippen molar-refractivity contribution in [2.75, 3.05) is 24.6 Å². The molecule has 2 aliphatic heterocycles. The van der Waals surface area contributed by atoms with Gasteiger partial charge in [0.2, 0.25) is 11.8 Å². The Morgan fingerprint density at radius 3 is 2.59 bits per heavy atom. The lowest BCUT2D eigenvalue weighted by atomic mass is 9.91. The molecule has 0 spiro atoms. The molecule has 1 atom stereocenters. The number of hydrogen-bond acceptors (Lipinski definition) is 5. The highest BCUT2D eigenvalue weighted by molar-refractivity contribution is 6.00. The minimum absolute atomic E-state index is 0.197. The standard InChI is InChI=1S/C16H21N3O3/c20-10-11-5-7-19(8-6-11)14-3-1-12(9-17-14)13-2-4-15(21)18-16(13)22/h1,3,9,11,13,20H,2,4-8,10H2,(H,18,21,22). The zero-order valence-electron chi connectivity index (χ0n) is 12.5. The van der Waals surface area contributed by atoms with Crippen molar-refractivity contribution in [1.29, 1.82) is 0 Å². The molecule has 0 radical (unpaired) electrons. The van der Waals surface area contributed by atoms with Crippen LogP contribution in [0, 0.1) is 5.92 Å². The lowest BCUT2D eigenvalue weighted by molar-refractivity contribution is -0.134. The van der Waals surface area contributed by atoms with Crippen molar-refractivity contribution in [3.63, 3.8) is 0 Å². The minimum Gasteiger partial charge on any atom is -0.396 e. The number of imide groups is 1. The summed E-state index contributed by atoms with van der Waals surface area (Å²) < 4.78 is 0. The highest BCUT2D eigenvalue weighted by Crippen LogP contribution is 2.26. The van der Waals surface area contributed by atoms with E-state index in [2.05, 4.69) is 15.2 Å². The summed E-state index contributed by atoms with van der Waals surface area (Å²) in [6.07, 6.45) is 4.63. The number of amides is 2. The average molecular weight is 303 g/mol. The first kappa shape index (κ1) is 15.0. The van der Waals surface area contributed by atoms with E-state index in [1.54, 1.807) is 6.20 Å². The lowest BCUT2D eigenvalue weighted by Gasteiger charge is -2.32. The third-order valence-electron chi connectivity index (χ3n) is 4.61. The van der Waals surface area contributed by atoms with Crippen molar-refractivity contribution in [2.24, 2.45) is 5.92 Å². The quantitative estimate of drug-likeness (QED) is 0.808. The molecule has 3 rings (SSSR count). The van der Waals surface area contributed by atoms with Crippen LogP contribution in [0.1, 0.15) is 37.2 Å². The van der Waals surface area contributed by atoms with Crippen LogP contribution in [0.4, 0.5) is 5.82 Å². The molecule has 3 heterocycles. The molecule has 118 valence electrons. The highest BCUT2D eigenvalue weighted by Gasteiger charge is 2.28. The lowest BCUT2D eigenvalue weighted by Crippen LogP contribution is -2.39. The Morgan fingerprint density at radius 1 is 1.23 bits per heavy atom. The van der Waals surface area contributed by atoms with E-state index < -0.39 is 0 Å². The number of nitrogens with one attached hydrogen (secondary N) is 1. The van der Waals surface area contributed by atoms with Gasteiger partial charge in [0.05, 0.1) is 5.92 Å². The number of carbonyl (C=O) groups excluding carboxylic acids is 2. The van der Waals surface area contributed by atoms with Crippen LogP contribution >= 0.6 is 0 Å². The van der Waals surface area contributed by atoms with E-state index in [1.165, 1.54) is 0 Å². The summed E-state index contributed by atoms with van der Waals surface area (Å²) in [4.78, 5) is 29.7. The van der Waals surface area contributed by atoms with E-state index in [1.807, 2.05) is 12.1 Å².